The monoisotopic (exact) mass is 544 g/mol. The molecule has 8 heteroatoms. The first-order valence-corrected chi connectivity index (χ1v) is 10.2. The van der Waals surface area contributed by atoms with Gasteiger partial charge in [0, 0.05) is 38.2 Å². The van der Waals surface area contributed by atoms with Crippen molar-refractivity contribution in [2.24, 2.45) is 4.99 Å². The lowest BCUT2D eigenvalue weighted by Crippen LogP contribution is -2.46. The van der Waals surface area contributed by atoms with Crippen LogP contribution < -0.4 is 15.4 Å². The lowest BCUT2D eigenvalue weighted by atomic mass is 10.0. The van der Waals surface area contributed by atoms with Crippen molar-refractivity contribution < 1.29 is 9.47 Å². The molecule has 0 spiro atoms. The first-order chi connectivity index (χ1) is 14.2. The molecule has 164 valence electrons. The third-order valence-corrected chi connectivity index (χ3v) is 5.30. The molecule has 3 rings (SSSR count). The highest BCUT2D eigenvalue weighted by Gasteiger charge is 2.23. The SMILES string of the molecule is CN=C(NCc1ccc(Cl)cc1)NCC(c1ccc(OC)cc1)N1CCOCC1.I. The van der Waals surface area contributed by atoms with Crippen LogP contribution in [-0.4, -0.2) is 57.9 Å². The number of rotatable bonds is 7. The largest absolute Gasteiger partial charge is 0.497 e. The van der Waals surface area contributed by atoms with Gasteiger partial charge in [-0.3, -0.25) is 9.89 Å². The molecule has 1 heterocycles. The lowest BCUT2D eigenvalue weighted by Gasteiger charge is -2.35. The summed E-state index contributed by atoms with van der Waals surface area (Å²) in [6.07, 6.45) is 0. The number of ether oxygens (including phenoxy) is 2. The van der Waals surface area contributed by atoms with Crippen LogP contribution in [0.1, 0.15) is 17.2 Å². The maximum Gasteiger partial charge on any atom is 0.191 e. The molecule has 0 amide bonds. The predicted octanol–water partition coefficient (Wildman–Crippen LogP) is 3.71. The van der Waals surface area contributed by atoms with Gasteiger partial charge in [0.1, 0.15) is 5.75 Å². The van der Waals surface area contributed by atoms with E-state index in [0.29, 0.717) is 6.54 Å². The Morgan fingerprint density at radius 2 is 1.77 bits per heavy atom. The minimum Gasteiger partial charge on any atom is -0.497 e. The molecule has 1 aliphatic rings. The molecule has 2 N–H and O–H groups in total. The van der Waals surface area contributed by atoms with E-state index < -0.39 is 0 Å². The molecule has 1 atom stereocenters. The van der Waals surface area contributed by atoms with E-state index in [-0.39, 0.29) is 30.0 Å². The van der Waals surface area contributed by atoms with Crippen LogP contribution in [0, 0.1) is 0 Å². The predicted molar refractivity (Wildman–Crippen MR) is 133 cm³/mol. The molecule has 0 bridgehead atoms. The second kappa shape index (κ2) is 13.0. The summed E-state index contributed by atoms with van der Waals surface area (Å²) in [5.74, 6) is 1.63. The van der Waals surface area contributed by atoms with E-state index in [1.807, 2.05) is 36.4 Å². The number of hydrogen-bond acceptors (Lipinski definition) is 4. The minimum absolute atomic E-state index is 0. The summed E-state index contributed by atoms with van der Waals surface area (Å²) < 4.78 is 10.8. The second-order valence-electron chi connectivity index (χ2n) is 6.87. The summed E-state index contributed by atoms with van der Waals surface area (Å²) in [5, 5.41) is 7.58. The smallest absolute Gasteiger partial charge is 0.191 e. The van der Waals surface area contributed by atoms with Crippen LogP contribution in [-0.2, 0) is 11.3 Å². The Kier molecular flexibility index (Phi) is 10.7. The molecule has 0 aromatic heterocycles. The second-order valence-corrected chi connectivity index (χ2v) is 7.31. The molecular formula is C22H30ClIN4O2. The molecule has 2 aromatic carbocycles. The van der Waals surface area contributed by atoms with E-state index in [9.17, 15) is 0 Å². The lowest BCUT2D eigenvalue weighted by molar-refractivity contribution is 0.0170. The Balaban J connectivity index is 0.00000320. The fraction of sp³-hybridized carbons (Fsp3) is 0.409. The summed E-state index contributed by atoms with van der Waals surface area (Å²) in [7, 11) is 3.47. The van der Waals surface area contributed by atoms with Crippen molar-refractivity contribution in [3.63, 3.8) is 0 Å². The zero-order valence-corrected chi connectivity index (χ0v) is 20.5. The van der Waals surface area contributed by atoms with Gasteiger partial charge in [-0.2, -0.15) is 0 Å². The van der Waals surface area contributed by atoms with Crippen LogP contribution in [0.3, 0.4) is 0 Å². The number of benzene rings is 2. The summed E-state index contributed by atoms with van der Waals surface area (Å²) in [5.41, 5.74) is 2.39. The Bertz CT molecular complexity index is 781. The van der Waals surface area contributed by atoms with E-state index in [2.05, 4.69) is 32.7 Å². The summed E-state index contributed by atoms with van der Waals surface area (Å²) in [6, 6.07) is 16.3. The van der Waals surface area contributed by atoms with Crippen molar-refractivity contribution in [1.29, 1.82) is 0 Å². The van der Waals surface area contributed by atoms with Gasteiger partial charge in [0.15, 0.2) is 5.96 Å². The van der Waals surface area contributed by atoms with Gasteiger partial charge in [0.05, 0.1) is 26.4 Å². The van der Waals surface area contributed by atoms with Crippen molar-refractivity contribution >= 4 is 41.5 Å². The Morgan fingerprint density at radius 3 is 2.37 bits per heavy atom. The van der Waals surface area contributed by atoms with Crippen LogP contribution in [0.5, 0.6) is 5.75 Å². The van der Waals surface area contributed by atoms with Crippen molar-refractivity contribution in [2.45, 2.75) is 12.6 Å². The molecule has 1 unspecified atom stereocenters. The molecule has 1 aliphatic heterocycles. The third kappa shape index (κ3) is 7.30. The number of methoxy groups -OCH3 is 1. The fourth-order valence-corrected chi connectivity index (χ4v) is 3.50. The molecule has 0 saturated carbocycles. The quantitative estimate of drug-likeness (QED) is 0.316. The molecule has 0 aliphatic carbocycles. The fourth-order valence-electron chi connectivity index (χ4n) is 3.37. The van der Waals surface area contributed by atoms with E-state index >= 15 is 0 Å². The summed E-state index contributed by atoms with van der Waals surface area (Å²) in [6.45, 7) is 4.77. The molecule has 1 saturated heterocycles. The molecule has 0 radical (unpaired) electrons. The van der Waals surface area contributed by atoms with E-state index in [0.717, 1.165) is 55.1 Å². The van der Waals surface area contributed by atoms with Crippen molar-refractivity contribution in [1.82, 2.24) is 15.5 Å². The van der Waals surface area contributed by atoms with Crippen LogP contribution in [0.2, 0.25) is 5.02 Å². The highest BCUT2D eigenvalue weighted by atomic mass is 127. The number of nitrogens with zero attached hydrogens (tertiary/aromatic N) is 2. The van der Waals surface area contributed by atoms with E-state index in [4.69, 9.17) is 21.1 Å². The molecule has 1 fully saturated rings. The maximum absolute atomic E-state index is 5.96. The third-order valence-electron chi connectivity index (χ3n) is 5.05. The minimum atomic E-state index is 0. The van der Waals surface area contributed by atoms with Crippen LogP contribution in [0.25, 0.3) is 0 Å². The van der Waals surface area contributed by atoms with Gasteiger partial charge in [0.25, 0.3) is 0 Å². The van der Waals surface area contributed by atoms with Crippen LogP contribution >= 0.6 is 35.6 Å². The number of morpholine rings is 1. The number of guanidine groups is 1. The summed E-state index contributed by atoms with van der Waals surface area (Å²) >= 11 is 5.96. The zero-order chi connectivity index (χ0) is 20.5. The van der Waals surface area contributed by atoms with E-state index in [1.54, 1.807) is 14.2 Å². The van der Waals surface area contributed by atoms with Crippen LogP contribution in [0.15, 0.2) is 53.5 Å². The van der Waals surface area contributed by atoms with Gasteiger partial charge in [-0.15, -0.1) is 24.0 Å². The number of hydrogen-bond donors (Lipinski definition) is 2. The standard InChI is InChI=1S/C22H29ClN4O2.HI/c1-24-22(25-15-17-3-7-19(23)8-4-17)26-16-21(27-11-13-29-14-12-27)18-5-9-20(28-2)10-6-18;/h3-10,21H,11-16H2,1-2H3,(H2,24,25,26);1H. The summed E-state index contributed by atoms with van der Waals surface area (Å²) in [4.78, 5) is 6.81. The number of aliphatic imine (C=N–C) groups is 1. The van der Waals surface area contributed by atoms with Gasteiger partial charge in [-0.25, -0.2) is 0 Å². The Hall–Kier alpha value is -1.55. The first-order valence-electron chi connectivity index (χ1n) is 9.84. The first kappa shape index (κ1) is 24.7. The van der Waals surface area contributed by atoms with Gasteiger partial charge < -0.3 is 20.1 Å². The topological polar surface area (TPSA) is 58.1 Å². The van der Waals surface area contributed by atoms with Crippen LogP contribution in [0.4, 0.5) is 0 Å². The maximum atomic E-state index is 5.96. The van der Waals surface area contributed by atoms with Crippen molar-refractivity contribution in [3.05, 3.63) is 64.7 Å². The van der Waals surface area contributed by atoms with Crippen molar-refractivity contribution in [3.8, 4) is 5.75 Å². The highest BCUT2D eigenvalue weighted by molar-refractivity contribution is 14.0. The highest BCUT2D eigenvalue weighted by Crippen LogP contribution is 2.23. The molecule has 2 aromatic rings. The normalized spacial score (nSPS) is 15.8. The Labute approximate surface area is 201 Å². The molecule has 6 nitrogen and oxygen atoms in total. The average molecular weight is 545 g/mol. The van der Waals surface area contributed by atoms with Crippen molar-refractivity contribution in [2.75, 3.05) is 47.0 Å². The van der Waals surface area contributed by atoms with Gasteiger partial charge in [0.2, 0.25) is 0 Å². The van der Waals surface area contributed by atoms with Gasteiger partial charge in [-0.1, -0.05) is 35.9 Å². The zero-order valence-electron chi connectivity index (χ0n) is 17.4. The van der Waals surface area contributed by atoms with E-state index in [1.165, 1.54) is 5.56 Å². The molecular weight excluding hydrogens is 515 g/mol. The van der Waals surface area contributed by atoms with Gasteiger partial charge >= 0.3 is 0 Å². The average Bonchev–Trinajstić information content (AvgIpc) is 2.78. The number of nitrogens with one attached hydrogen (secondary N) is 2. The number of halogens is 2. The molecule has 30 heavy (non-hydrogen) atoms. The van der Waals surface area contributed by atoms with Gasteiger partial charge in [-0.05, 0) is 35.4 Å². The Morgan fingerprint density at radius 1 is 1.10 bits per heavy atom.